The Kier molecular flexibility index (Phi) is 4.91. The van der Waals surface area contributed by atoms with Gasteiger partial charge in [0.1, 0.15) is 11.4 Å². The number of carbonyl (C=O) groups excluding carboxylic acids is 1. The van der Waals surface area contributed by atoms with Gasteiger partial charge in [-0.15, -0.1) is 0 Å². The molecule has 0 fully saturated rings. The van der Waals surface area contributed by atoms with Gasteiger partial charge in [0, 0.05) is 25.2 Å². The van der Waals surface area contributed by atoms with Crippen molar-refractivity contribution < 1.29 is 14.6 Å². The number of fused-ring (bicyclic) bond motifs is 1. The van der Waals surface area contributed by atoms with Crippen molar-refractivity contribution >= 4 is 34.8 Å². The lowest BCUT2D eigenvalue weighted by atomic mass is 10.0. The smallest absolute Gasteiger partial charge is 0.267 e. The fourth-order valence-electron chi connectivity index (χ4n) is 2.59. The third-order valence-corrected chi connectivity index (χ3v) is 4.47. The van der Waals surface area contributed by atoms with E-state index >= 15 is 0 Å². The van der Waals surface area contributed by atoms with Crippen LogP contribution in [0.1, 0.15) is 33.6 Å². The van der Waals surface area contributed by atoms with Crippen LogP contribution < -0.4 is 5.73 Å². The molecule has 25 heavy (non-hydrogen) atoms. The molecule has 1 aromatic carbocycles. The summed E-state index contributed by atoms with van der Waals surface area (Å²) in [5, 5.41) is 15.2. The summed E-state index contributed by atoms with van der Waals surface area (Å²) in [7, 11) is 1.34. The Balaban J connectivity index is 2.24. The van der Waals surface area contributed by atoms with Gasteiger partial charge in [-0.3, -0.25) is 4.79 Å². The van der Waals surface area contributed by atoms with Crippen LogP contribution in [0.2, 0.25) is 10.0 Å². The van der Waals surface area contributed by atoms with Crippen LogP contribution in [0.4, 0.5) is 0 Å². The standard InChI is InChI=1S/C16H14Cl2N4O3/c1-25-16(24)14-9(6-8-2-3-10(17)11(18)7-8)13(15(19)23)21-12-4-5-20-22(12)14/h2-5,7,16,24H,6H2,1H3,(H2,19,23). The molecule has 0 radical (unpaired) electrons. The SMILES string of the molecule is COC(O)c1c(Cc2ccc(Cl)c(Cl)c2)c(C(N)=O)nc2ccnn12. The van der Waals surface area contributed by atoms with Gasteiger partial charge in [0.25, 0.3) is 5.91 Å². The highest BCUT2D eigenvalue weighted by Gasteiger charge is 2.24. The van der Waals surface area contributed by atoms with Crippen molar-refractivity contribution in [1.29, 1.82) is 0 Å². The summed E-state index contributed by atoms with van der Waals surface area (Å²) in [4.78, 5) is 16.2. The predicted octanol–water partition coefficient (Wildman–Crippen LogP) is 2.36. The van der Waals surface area contributed by atoms with Gasteiger partial charge in [0.15, 0.2) is 11.9 Å². The van der Waals surface area contributed by atoms with Crippen LogP contribution in [0.15, 0.2) is 30.5 Å². The van der Waals surface area contributed by atoms with Crippen LogP contribution in [0.5, 0.6) is 0 Å². The van der Waals surface area contributed by atoms with Crippen LogP contribution in [0.25, 0.3) is 5.65 Å². The zero-order valence-corrected chi connectivity index (χ0v) is 14.6. The molecule has 3 aromatic rings. The van der Waals surface area contributed by atoms with Gasteiger partial charge in [-0.2, -0.15) is 5.10 Å². The fraction of sp³-hybridized carbons (Fsp3) is 0.188. The van der Waals surface area contributed by atoms with Crippen LogP contribution in [0, 0.1) is 0 Å². The largest absolute Gasteiger partial charge is 0.364 e. The molecule has 0 bridgehead atoms. The summed E-state index contributed by atoms with van der Waals surface area (Å²) in [5.41, 5.74) is 7.33. The van der Waals surface area contributed by atoms with E-state index in [-0.39, 0.29) is 17.8 Å². The van der Waals surface area contributed by atoms with E-state index in [0.29, 0.717) is 21.3 Å². The molecule has 0 aliphatic carbocycles. The molecule has 0 saturated heterocycles. The van der Waals surface area contributed by atoms with Crippen molar-refractivity contribution in [1.82, 2.24) is 14.6 Å². The summed E-state index contributed by atoms with van der Waals surface area (Å²) < 4.78 is 6.45. The number of nitrogens with two attached hydrogens (primary N) is 1. The minimum Gasteiger partial charge on any atom is -0.364 e. The number of nitrogens with zero attached hydrogens (tertiary/aromatic N) is 3. The monoisotopic (exact) mass is 380 g/mol. The Morgan fingerprint density at radius 3 is 2.76 bits per heavy atom. The summed E-state index contributed by atoms with van der Waals surface area (Å²) in [6.07, 6.45) is 0.414. The molecular formula is C16H14Cl2N4O3. The Hall–Kier alpha value is -2.19. The van der Waals surface area contributed by atoms with Gasteiger partial charge >= 0.3 is 0 Å². The maximum Gasteiger partial charge on any atom is 0.267 e. The molecule has 0 aliphatic rings. The first-order chi connectivity index (χ1) is 11.9. The first kappa shape index (κ1) is 17.6. The number of methoxy groups -OCH3 is 1. The molecule has 1 unspecified atom stereocenters. The minimum atomic E-state index is -1.32. The van der Waals surface area contributed by atoms with Crippen LogP contribution >= 0.6 is 23.2 Å². The topological polar surface area (TPSA) is 103 Å². The number of hydrogen-bond acceptors (Lipinski definition) is 5. The predicted molar refractivity (Wildman–Crippen MR) is 92.7 cm³/mol. The lowest BCUT2D eigenvalue weighted by Crippen LogP contribution is -2.22. The number of halogens is 2. The lowest BCUT2D eigenvalue weighted by Gasteiger charge is -2.18. The van der Waals surface area contributed by atoms with E-state index in [2.05, 4.69) is 10.1 Å². The third kappa shape index (κ3) is 3.32. The average Bonchev–Trinajstić information content (AvgIpc) is 3.04. The number of aromatic nitrogens is 3. The molecule has 2 aromatic heterocycles. The molecule has 1 atom stereocenters. The number of carbonyl (C=O) groups is 1. The normalized spacial score (nSPS) is 12.5. The second kappa shape index (κ2) is 6.97. The Morgan fingerprint density at radius 1 is 1.36 bits per heavy atom. The molecule has 2 heterocycles. The second-order valence-corrected chi connectivity index (χ2v) is 6.12. The molecule has 1 amide bonds. The molecule has 0 aliphatic heterocycles. The van der Waals surface area contributed by atoms with Crippen molar-refractivity contribution in [3.05, 3.63) is 63.0 Å². The second-order valence-electron chi connectivity index (χ2n) is 5.30. The van der Waals surface area contributed by atoms with Gasteiger partial charge in [-0.05, 0) is 17.7 Å². The number of amides is 1. The van der Waals surface area contributed by atoms with Gasteiger partial charge in [-0.25, -0.2) is 9.50 Å². The number of primary amides is 1. The first-order valence-electron chi connectivity index (χ1n) is 7.23. The molecule has 0 spiro atoms. The highest BCUT2D eigenvalue weighted by atomic mass is 35.5. The zero-order chi connectivity index (χ0) is 18.1. The van der Waals surface area contributed by atoms with E-state index in [1.54, 1.807) is 24.3 Å². The average molecular weight is 381 g/mol. The third-order valence-electron chi connectivity index (χ3n) is 3.73. The molecule has 3 rings (SSSR count). The highest BCUT2D eigenvalue weighted by Crippen LogP contribution is 2.28. The van der Waals surface area contributed by atoms with Crippen molar-refractivity contribution in [2.24, 2.45) is 5.73 Å². The molecule has 130 valence electrons. The highest BCUT2D eigenvalue weighted by molar-refractivity contribution is 6.42. The molecule has 9 heteroatoms. The van der Waals surface area contributed by atoms with Gasteiger partial charge in [-0.1, -0.05) is 29.3 Å². The number of ether oxygens (including phenoxy) is 1. The number of hydrogen-bond donors (Lipinski definition) is 2. The fourth-order valence-corrected chi connectivity index (χ4v) is 2.92. The summed E-state index contributed by atoms with van der Waals surface area (Å²) in [6, 6.07) is 6.68. The van der Waals surface area contributed by atoms with Crippen LogP contribution in [0.3, 0.4) is 0 Å². The van der Waals surface area contributed by atoms with E-state index in [1.807, 2.05) is 0 Å². The number of aliphatic hydroxyl groups is 1. The van der Waals surface area contributed by atoms with E-state index in [1.165, 1.54) is 17.8 Å². The van der Waals surface area contributed by atoms with Crippen molar-refractivity contribution in [2.75, 3.05) is 7.11 Å². The first-order valence-corrected chi connectivity index (χ1v) is 7.99. The summed E-state index contributed by atoms with van der Waals surface area (Å²) >= 11 is 12.0. The van der Waals surface area contributed by atoms with Crippen molar-refractivity contribution in [3.63, 3.8) is 0 Å². The van der Waals surface area contributed by atoms with Gasteiger partial charge < -0.3 is 15.6 Å². The van der Waals surface area contributed by atoms with E-state index in [0.717, 1.165) is 5.56 Å². The van der Waals surface area contributed by atoms with E-state index < -0.39 is 12.2 Å². The Bertz CT molecular complexity index is 958. The Labute approximate surface area is 152 Å². The number of rotatable bonds is 5. The van der Waals surface area contributed by atoms with Crippen LogP contribution in [-0.2, 0) is 11.2 Å². The summed E-state index contributed by atoms with van der Waals surface area (Å²) in [6.45, 7) is 0. The van der Waals surface area contributed by atoms with E-state index in [4.69, 9.17) is 33.7 Å². The van der Waals surface area contributed by atoms with Gasteiger partial charge in [0.05, 0.1) is 16.2 Å². The number of aliphatic hydroxyl groups excluding tert-OH is 1. The summed E-state index contributed by atoms with van der Waals surface area (Å²) in [5.74, 6) is -0.719. The van der Waals surface area contributed by atoms with E-state index in [9.17, 15) is 9.90 Å². The minimum absolute atomic E-state index is 0.0326. The maximum absolute atomic E-state index is 11.9. The molecule has 3 N–H and O–H groups in total. The number of benzene rings is 1. The van der Waals surface area contributed by atoms with Gasteiger partial charge in [0.2, 0.25) is 0 Å². The Morgan fingerprint density at radius 2 is 2.12 bits per heavy atom. The zero-order valence-electron chi connectivity index (χ0n) is 13.1. The lowest BCUT2D eigenvalue weighted by molar-refractivity contribution is -0.0817. The van der Waals surface area contributed by atoms with Crippen molar-refractivity contribution in [3.8, 4) is 0 Å². The van der Waals surface area contributed by atoms with Crippen LogP contribution in [-0.4, -0.2) is 32.7 Å². The molecule has 7 nitrogen and oxygen atoms in total. The maximum atomic E-state index is 11.9. The molecule has 0 saturated carbocycles. The quantitative estimate of drug-likeness (QED) is 0.661. The van der Waals surface area contributed by atoms with Crippen molar-refractivity contribution in [2.45, 2.75) is 12.7 Å². The molecular weight excluding hydrogens is 367 g/mol.